The molecule has 0 aliphatic heterocycles. The standard InChI is InChI=1S/C10H7F6NO3/c1-20-7-3-2-5(4-6(7)17(18)19)8(9(11,12)13)10(14,15)16/h2-4,8H,1H3. The predicted molar refractivity (Wildman–Crippen MR) is 54.5 cm³/mol. The van der Waals surface area contributed by atoms with Crippen LogP contribution in [0.4, 0.5) is 32.0 Å². The molecule has 1 aromatic rings. The number of alkyl halides is 6. The van der Waals surface area contributed by atoms with Gasteiger partial charge in [-0.15, -0.1) is 0 Å². The number of methoxy groups -OCH3 is 1. The molecule has 4 nitrogen and oxygen atoms in total. The van der Waals surface area contributed by atoms with Gasteiger partial charge in [0.15, 0.2) is 11.7 Å². The lowest BCUT2D eigenvalue weighted by atomic mass is 9.97. The molecule has 0 radical (unpaired) electrons. The molecule has 0 N–H and O–H groups in total. The lowest BCUT2D eigenvalue weighted by molar-refractivity contribution is -0.385. The zero-order valence-corrected chi connectivity index (χ0v) is 9.75. The maximum atomic E-state index is 12.5. The first-order chi connectivity index (χ1) is 8.98. The molecule has 10 heteroatoms. The van der Waals surface area contributed by atoms with Gasteiger partial charge in [-0.25, -0.2) is 0 Å². The maximum absolute atomic E-state index is 12.5. The van der Waals surface area contributed by atoms with Crippen molar-refractivity contribution in [2.45, 2.75) is 18.3 Å². The first kappa shape index (κ1) is 16.1. The van der Waals surface area contributed by atoms with Gasteiger partial charge in [0.2, 0.25) is 0 Å². The average Bonchev–Trinajstić information content (AvgIpc) is 2.24. The summed E-state index contributed by atoms with van der Waals surface area (Å²) in [6.45, 7) is 0. The monoisotopic (exact) mass is 303 g/mol. The topological polar surface area (TPSA) is 52.4 Å². The molecule has 1 aromatic carbocycles. The Morgan fingerprint density at radius 1 is 1.15 bits per heavy atom. The van der Waals surface area contributed by atoms with Crippen LogP contribution in [0.2, 0.25) is 0 Å². The Morgan fingerprint density at radius 2 is 1.65 bits per heavy atom. The number of hydrogen-bond acceptors (Lipinski definition) is 3. The molecule has 0 saturated carbocycles. The van der Waals surface area contributed by atoms with Gasteiger partial charge in [-0.2, -0.15) is 26.3 Å². The van der Waals surface area contributed by atoms with E-state index in [0.717, 1.165) is 7.11 Å². The largest absolute Gasteiger partial charge is 0.490 e. The van der Waals surface area contributed by atoms with Crippen molar-refractivity contribution >= 4 is 5.69 Å². The summed E-state index contributed by atoms with van der Waals surface area (Å²) in [6, 6.07) is 1.40. The first-order valence-corrected chi connectivity index (χ1v) is 4.94. The summed E-state index contributed by atoms with van der Waals surface area (Å²) < 4.78 is 79.5. The Hall–Kier alpha value is -2.00. The van der Waals surface area contributed by atoms with E-state index < -0.39 is 40.2 Å². The van der Waals surface area contributed by atoms with Crippen LogP contribution in [0.3, 0.4) is 0 Å². The van der Waals surface area contributed by atoms with Gasteiger partial charge in [0.05, 0.1) is 12.0 Å². The van der Waals surface area contributed by atoms with Crippen molar-refractivity contribution in [3.05, 3.63) is 33.9 Å². The Kier molecular flexibility index (Phi) is 4.15. The van der Waals surface area contributed by atoms with Crippen molar-refractivity contribution in [3.8, 4) is 5.75 Å². The highest BCUT2D eigenvalue weighted by atomic mass is 19.4. The molecule has 0 bridgehead atoms. The van der Waals surface area contributed by atoms with Gasteiger partial charge < -0.3 is 4.74 Å². The van der Waals surface area contributed by atoms with Crippen LogP contribution in [0.5, 0.6) is 5.75 Å². The summed E-state index contributed by atoms with van der Waals surface area (Å²) in [4.78, 5) is 9.50. The third-order valence-electron chi connectivity index (χ3n) is 2.39. The fraction of sp³-hybridized carbons (Fsp3) is 0.400. The Morgan fingerprint density at radius 3 is 2.00 bits per heavy atom. The summed E-state index contributed by atoms with van der Waals surface area (Å²) in [5, 5.41) is 10.6. The highest BCUT2D eigenvalue weighted by molar-refractivity contribution is 5.49. The van der Waals surface area contributed by atoms with E-state index in [2.05, 4.69) is 4.74 Å². The number of nitrogens with zero attached hydrogens (tertiary/aromatic N) is 1. The second kappa shape index (κ2) is 5.17. The normalized spacial score (nSPS) is 12.6. The smallest absolute Gasteiger partial charge is 0.404 e. The summed E-state index contributed by atoms with van der Waals surface area (Å²) in [6.07, 6.45) is -11.2. The van der Waals surface area contributed by atoms with Gasteiger partial charge in [-0.1, -0.05) is 6.07 Å². The molecule has 0 fully saturated rings. The molecule has 0 amide bonds. The van der Waals surface area contributed by atoms with E-state index in [1.165, 1.54) is 0 Å². The second-order valence-corrected chi connectivity index (χ2v) is 3.70. The van der Waals surface area contributed by atoms with E-state index >= 15 is 0 Å². The van der Waals surface area contributed by atoms with Gasteiger partial charge in [0.1, 0.15) is 0 Å². The van der Waals surface area contributed by atoms with Crippen molar-refractivity contribution in [1.29, 1.82) is 0 Å². The summed E-state index contributed by atoms with van der Waals surface area (Å²) in [5.74, 6) is -4.22. The molecule has 112 valence electrons. The van der Waals surface area contributed by atoms with Crippen molar-refractivity contribution in [1.82, 2.24) is 0 Å². The lowest BCUT2D eigenvalue weighted by Crippen LogP contribution is -2.34. The van der Waals surface area contributed by atoms with Crippen LogP contribution in [0.25, 0.3) is 0 Å². The summed E-state index contributed by atoms with van der Waals surface area (Å²) in [5.41, 5.74) is -2.24. The average molecular weight is 303 g/mol. The molecule has 1 rings (SSSR count). The van der Waals surface area contributed by atoms with Crippen molar-refractivity contribution in [2.75, 3.05) is 7.11 Å². The van der Waals surface area contributed by atoms with Crippen LogP contribution >= 0.6 is 0 Å². The third kappa shape index (κ3) is 3.31. The molecular formula is C10H7F6NO3. The van der Waals surface area contributed by atoms with Gasteiger partial charge in [0.25, 0.3) is 0 Å². The minimum Gasteiger partial charge on any atom is -0.490 e. The Bertz CT molecular complexity index is 497. The number of hydrogen-bond donors (Lipinski definition) is 0. The molecule has 0 aromatic heterocycles. The van der Waals surface area contributed by atoms with E-state index in [1.54, 1.807) is 0 Å². The Labute approximate surface area is 108 Å². The number of nitro benzene ring substituents is 1. The lowest BCUT2D eigenvalue weighted by Gasteiger charge is -2.23. The third-order valence-corrected chi connectivity index (χ3v) is 2.39. The molecule has 0 unspecified atom stereocenters. The molecule has 0 atom stereocenters. The highest BCUT2D eigenvalue weighted by Crippen LogP contribution is 2.47. The molecule has 0 aliphatic carbocycles. The first-order valence-electron chi connectivity index (χ1n) is 4.94. The minimum atomic E-state index is -5.61. The molecule has 0 aliphatic rings. The van der Waals surface area contributed by atoms with Crippen molar-refractivity contribution in [3.63, 3.8) is 0 Å². The van der Waals surface area contributed by atoms with E-state index in [1.807, 2.05) is 0 Å². The molecule has 0 heterocycles. The van der Waals surface area contributed by atoms with E-state index in [4.69, 9.17) is 0 Å². The van der Waals surface area contributed by atoms with Gasteiger partial charge >= 0.3 is 18.0 Å². The van der Waals surface area contributed by atoms with Gasteiger partial charge in [-0.3, -0.25) is 10.1 Å². The zero-order chi connectivity index (χ0) is 15.7. The fourth-order valence-electron chi connectivity index (χ4n) is 1.59. The quantitative estimate of drug-likeness (QED) is 0.484. The summed E-state index contributed by atoms with van der Waals surface area (Å²) in [7, 11) is 1.01. The van der Waals surface area contributed by atoms with Crippen LogP contribution < -0.4 is 4.74 Å². The van der Waals surface area contributed by atoms with E-state index in [-0.39, 0.29) is 6.07 Å². The maximum Gasteiger partial charge on any atom is 0.404 e. The van der Waals surface area contributed by atoms with E-state index in [9.17, 15) is 36.5 Å². The van der Waals surface area contributed by atoms with Gasteiger partial charge in [-0.05, 0) is 11.6 Å². The number of benzene rings is 1. The molecule has 20 heavy (non-hydrogen) atoms. The van der Waals surface area contributed by atoms with Crippen LogP contribution in [0.15, 0.2) is 18.2 Å². The zero-order valence-electron chi connectivity index (χ0n) is 9.75. The van der Waals surface area contributed by atoms with Crippen LogP contribution in [0, 0.1) is 10.1 Å². The van der Waals surface area contributed by atoms with Crippen molar-refractivity contribution in [2.24, 2.45) is 0 Å². The SMILES string of the molecule is COc1ccc(C(C(F)(F)F)C(F)(F)F)cc1[N+](=O)[O-]. The molecule has 0 spiro atoms. The van der Waals surface area contributed by atoms with Crippen molar-refractivity contribution < 1.29 is 36.0 Å². The van der Waals surface area contributed by atoms with E-state index in [0.29, 0.717) is 12.1 Å². The minimum absolute atomic E-state index is 0.213. The van der Waals surface area contributed by atoms with Crippen LogP contribution in [0.1, 0.15) is 11.5 Å². The molecular weight excluding hydrogens is 296 g/mol. The van der Waals surface area contributed by atoms with Crippen LogP contribution in [-0.2, 0) is 0 Å². The highest BCUT2D eigenvalue weighted by Gasteiger charge is 2.57. The number of rotatable bonds is 3. The second-order valence-electron chi connectivity index (χ2n) is 3.70. The van der Waals surface area contributed by atoms with Crippen LogP contribution in [-0.4, -0.2) is 24.4 Å². The Balaban J connectivity index is 3.44. The molecule has 0 saturated heterocycles. The fourth-order valence-corrected chi connectivity index (χ4v) is 1.59. The van der Waals surface area contributed by atoms with Gasteiger partial charge in [0, 0.05) is 6.07 Å². The number of ether oxygens (including phenoxy) is 1. The number of nitro groups is 1. The summed E-state index contributed by atoms with van der Waals surface area (Å²) >= 11 is 0. The number of halogens is 6. The predicted octanol–water partition coefficient (Wildman–Crippen LogP) is 3.81.